The molecule has 0 aliphatic carbocycles. The molecular formula is C14H10BrN3O2. The Balaban J connectivity index is 2.14. The SMILES string of the molecule is N#Cc1ccc(CNc2ncc(Br)cc2C(=O)O)cc1. The van der Waals surface area contributed by atoms with E-state index in [-0.39, 0.29) is 5.56 Å². The number of nitrogens with zero attached hydrogens (tertiary/aromatic N) is 2. The van der Waals surface area contributed by atoms with Gasteiger partial charge in [-0.2, -0.15) is 5.26 Å². The Labute approximate surface area is 124 Å². The molecule has 5 nitrogen and oxygen atoms in total. The summed E-state index contributed by atoms with van der Waals surface area (Å²) < 4.78 is 0.610. The molecule has 0 saturated heterocycles. The van der Waals surface area contributed by atoms with E-state index in [0.29, 0.717) is 22.4 Å². The number of carboxylic acids is 1. The first-order valence-corrected chi connectivity index (χ1v) is 6.51. The van der Waals surface area contributed by atoms with Crippen LogP contribution < -0.4 is 5.32 Å². The lowest BCUT2D eigenvalue weighted by molar-refractivity contribution is 0.0697. The molecule has 0 radical (unpaired) electrons. The molecule has 0 saturated carbocycles. The van der Waals surface area contributed by atoms with Crippen LogP contribution in [0.2, 0.25) is 0 Å². The van der Waals surface area contributed by atoms with Gasteiger partial charge in [-0.1, -0.05) is 12.1 Å². The Morgan fingerprint density at radius 1 is 1.40 bits per heavy atom. The van der Waals surface area contributed by atoms with E-state index in [4.69, 9.17) is 10.4 Å². The molecule has 0 spiro atoms. The van der Waals surface area contributed by atoms with Crippen molar-refractivity contribution in [3.8, 4) is 6.07 Å². The van der Waals surface area contributed by atoms with Crippen molar-refractivity contribution in [2.45, 2.75) is 6.54 Å². The first kappa shape index (κ1) is 14.0. The summed E-state index contributed by atoms with van der Waals surface area (Å²) >= 11 is 3.19. The Kier molecular flexibility index (Phi) is 4.33. The number of aromatic nitrogens is 1. The van der Waals surface area contributed by atoms with Crippen LogP contribution >= 0.6 is 15.9 Å². The quantitative estimate of drug-likeness (QED) is 0.899. The number of anilines is 1. The number of halogens is 1. The van der Waals surface area contributed by atoms with Gasteiger partial charge in [0, 0.05) is 17.2 Å². The maximum Gasteiger partial charge on any atom is 0.339 e. The van der Waals surface area contributed by atoms with Crippen molar-refractivity contribution in [2.75, 3.05) is 5.32 Å². The van der Waals surface area contributed by atoms with Gasteiger partial charge in [0.15, 0.2) is 0 Å². The van der Waals surface area contributed by atoms with Crippen molar-refractivity contribution in [3.05, 3.63) is 57.7 Å². The van der Waals surface area contributed by atoms with Gasteiger partial charge in [0.25, 0.3) is 0 Å². The lowest BCUT2D eigenvalue weighted by Gasteiger charge is -2.09. The maximum absolute atomic E-state index is 11.1. The van der Waals surface area contributed by atoms with Gasteiger partial charge in [-0.25, -0.2) is 9.78 Å². The molecular weight excluding hydrogens is 322 g/mol. The smallest absolute Gasteiger partial charge is 0.339 e. The minimum atomic E-state index is -1.04. The summed E-state index contributed by atoms with van der Waals surface area (Å²) in [5.74, 6) is -0.730. The van der Waals surface area contributed by atoms with Gasteiger partial charge in [0.05, 0.1) is 11.6 Å². The third-order valence-electron chi connectivity index (χ3n) is 2.63. The Morgan fingerprint density at radius 3 is 2.70 bits per heavy atom. The second-order valence-electron chi connectivity index (χ2n) is 4.02. The molecule has 100 valence electrons. The lowest BCUT2D eigenvalue weighted by atomic mass is 10.1. The standard InChI is InChI=1S/C14H10BrN3O2/c15-11-5-12(14(19)20)13(18-8-11)17-7-10-3-1-9(6-16)2-4-10/h1-5,8H,7H2,(H,17,18)(H,19,20). The van der Waals surface area contributed by atoms with Crippen LogP contribution in [0.3, 0.4) is 0 Å². The molecule has 2 aromatic rings. The molecule has 1 aromatic carbocycles. The highest BCUT2D eigenvalue weighted by Gasteiger charge is 2.11. The molecule has 0 aliphatic heterocycles. The fourth-order valence-electron chi connectivity index (χ4n) is 1.63. The van der Waals surface area contributed by atoms with E-state index in [1.165, 1.54) is 12.3 Å². The van der Waals surface area contributed by atoms with Crippen LogP contribution in [0.15, 0.2) is 41.0 Å². The van der Waals surface area contributed by atoms with Crippen molar-refractivity contribution in [2.24, 2.45) is 0 Å². The van der Waals surface area contributed by atoms with Gasteiger partial charge in [-0.3, -0.25) is 0 Å². The molecule has 2 N–H and O–H groups in total. The number of aromatic carboxylic acids is 1. The maximum atomic E-state index is 11.1. The topological polar surface area (TPSA) is 86.0 Å². The van der Waals surface area contributed by atoms with E-state index in [9.17, 15) is 4.79 Å². The van der Waals surface area contributed by atoms with Crippen LogP contribution in [0.4, 0.5) is 5.82 Å². The third kappa shape index (κ3) is 3.33. The highest BCUT2D eigenvalue weighted by Crippen LogP contribution is 2.18. The first-order chi connectivity index (χ1) is 9.60. The number of carboxylic acid groups (broad SMARTS) is 1. The molecule has 0 fully saturated rings. The minimum absolute atomic E-state index is 0.105. The molecule has 0 amide bonds. The van der Waals surface area contributed by atoms with E-state index in [1.807, 2.05) is 18.2 Å². The van der Waals surface area contributed by atoms with Gasteiger partial charge in [0.2, 0.25) is 0 Å². The van der Waals surface area contributed by atoms with Crippen molar-refractivity contribution in [1.82, 2.24) is 4.98 Å². The van der Waals surface area contributed by atoms with Gasteiger partial charge < -0.3 is 10.4 Å². The molecule has 1 heterocycles. The van der Waals surface area contributed by atoms with Gasteiger partial charge >= 0.3 is 5.97 Å². The van der Waals surface area contributed by atoms with Crippen LogP contribution in [0, 0.1) is 11.3 Å². The molecule has 1 aromatic heterocycles. The summed E-state index contributed by atoms with van der Waals surface area (Å²) in [7, 11) is 0. The number of benzene rings is 1. The number of carbonyl (C=O) groups is 1. The van der Waals surface area contributed by atoms with Crippen LogP contribution in [-0.2, 0) is 6.54 Å². The lowest BCUT2D eigenvalue weighted by Crippen LogP contribution is -2.08. The molecule has 0 bridgehead atoms. The zero-order valence-electron chi connectivity index (χ0n) is 10.3. The third-order valence-corrected chi connectivity index (χ3v) is 3.06. The van der Waals surface area contributed by atoms with Crippen LogP contribution in [0.5, 0.6) is 0 Å². The number of nitrogens with one attached hydrogen (secondary N) is 1. The van der Waals surface area contributed by atoms with Crippen molar-refractivity contribution >= 4 is 27.7 Å². The fourth-order valence-corrected chi connectivity index (χ4v) is 1.96. The van der Waals surface area contributed by atoms with E-state index < -0.39 is 5.97 Å². The normalized spacial score (nSPS) is 9.80. The van der Waals surface area contributed by atoms with Gasteiger partial charge in [-0.15, -0.1) is 0 Å². The zero-order valence-corrected chi connectivity index (χ0v) is 11.9. The highest BCUT2D eigenvalue weighted by molar-refractivity contribution is 9.10. The Morgan fingerprint density at radius 2 is 2.10 bits per heavy atom. The van der Waals surface area contributed by atoms with Gasteiger partial charge in [-0.05, 0) is 39.7 Å². The number of hydrogen-bond donors (Lipinski definition) is 2. The van der Waals surface area contributed by atoms with E-state index >= 15 is 0 Å². The zero-order chi connectivity index (χ0) is 14.5. The highest BCUT2D eigenvalue weighted by atomic mass is 79.9. The van der Waals surface area contributed by atoms with Crippen molar-refractivity contribution in [3.63, 3.8) is 0 Å². The summed E-state index contributed by atoms with van der Waals surface area (Å²) in [5, 5.41) is 20.8. The molecule has 20 heavy (non-hydrogen) atoms. The molecule has 0 unspecified atom stereocenters. The van der Waals surface area contributed by atoms with E-state index in [2.05, 4.69) is 26.2 Å². The first-order valence-electron chi connectivity index (χ1n) is 5.72. The van der Waals surface area contributed by atoms with Crippen molar-refractivity contribution in [1.29, 1.82) is 5.26 Å². The Hall–Kier alpha value is -2.39. The monoisotopic (exact) mass is 331 g/mol. The second kappa shape index (κ2) is 6.17. The molecule has 2 rings (SSSR count). The summed E-state index contributed by atoms with van der Waals surface area (Å²) in [4.78, 5) is 15.2. The number of nitriles is 1. The number of hydrogen-bond acceptors (Lipinski definition) is 4. The van der Waals surface area contributed by atoms with Crippen molar-refractivity contribution < 1.29 is 9.90 Å². The predicted molar refractivity (Wildman–Crippen MR) is 77.4 cm³/mol. The largest absolute Gasteiger partial charge is 0.478 e. The second-order valence-corrected chi connectivity index (χ2v) is 4.93. The summed E-state index contributed by atoms with van der Waals surface area (Å²) in [6.07, 6.45) is 1.54. The molecule has 0 aliphatic rings. The average molecular weight is 332 g/mol. The minimum Gasteiger partial charge on any atom is -0.478 e. The number of rotatable bonds is 4. The number of pyridine rings is 1. The van der Waals surface area contributed by atoms with Gasteiger partial charge in [0.1, 0.15) is 11.4 Å². The fraction of sp³-hybridized carbons (Fsp3) is 0.0714. The molecule has 0 atom stereocenters. The van der Waals surface area contributed by atoms with Crippen LogP contribution in [0.25, 0.3) is 0 Å². The summed E-state index contributed by atoms with van der Waals surface area (Å²) in [6.45, 7) is 0.431. The van der Waals surface area contributed by atoms with Crippen LogP contribution in [-0.4, -0.2) is 16.1 Å². The van der Waals surface area contributed by atoms with Crippen LogP contribution in [0.1, 0.15) is 21.5 Å². The average Bonchev–Trinajstić information content (AvgIpc) is 2.46. The Bertz CT molecular complexity index is 678. The van der Waals surface area contributed by atoms with E-state index in [0.717, 1.165) is 5.56 Å². The summed E-state index contributed by atoms with van der Waals surface area (Å²) in [6, 6.07) is 10.6. The van der Waals surface area contributed by atoms with E-state index in [1.54, 1.807) is 12.1 Å². The molecule has 6 heteroatoms. The summed E-state index contributed by atoms with van der Waals surface area (Å²) in [5.41, 5.74) is 1.62. The predicted octanol–water partition coefficient (Wildman–Crippen LogP) is 3.03.